The van der Waals surface area contributed by atoms with Crippen LogP contribution in [0.25, 0.3) is 0 Å². The number of rotatable bonds is 8. The number of esters is 1. The lowest BCUT2D eigenvalue weighted by molar-refractivity contribution is -0.385. The van der Waals surface area contributed by atoms with Gasteiger partial charge in [0.25, 0.3) is 5.69 Å². The minimum Gasteiger partial charge on any atom is -0.872 e. The molecule has 21 heavy (non-hydrogen) atoms. The molecule has 0 radical (unpaired) electrons. The van der Waals surface area contributed by atoms with Gasteiger partial charge in [0.2, 0.25) is 0 Å². The number of nitro groups is 1. The summed E-state index contributed by atoms with van der Waals surface area (Å²) < 4.78 is 4.52. The van der Waals surface area contributed by atoms with Gasteiger partial charge in [-0.3, -0.25) is 19.9 Å². The monoisotopic (exact) mass is 293 g/mol. The number of nitro benzene ring substituents is 1. The Hall–Kier alpha value is -2.44. The summed E-state index contributed by atoms with van der Waals surface area (Å²) in [6.07, 6.45) is 4.07. The number of non-ortho nitro benzene ring substituents is 1. The molecular weight excluding hydrogens is 276 g/mol. The SMILES string of the molecule is COC(=O)CCCCCN=Cc1cc([N+](=O)[O-])ccc1[O-]. The van der Waals surface area contributed by atoms with Crippen molar-refractivity contribution in [3.05, 3.63) is 33.9 Å². The maximum atomic E-state index is 11.5. The van der Waals surface area contributed by atoms with E-state index < -0.39 is 4.92 Å². The number of ether oxygens (including phenoxy) is 1. The molecule has 0 spiro atoms. The lowest BCUT2D eigenvalue weighted by Crippen LogP contribution is -2.00. The molecule has 0 saturated heterocycles. The molecule has 0 amide bonds. The van der Waals surface area contributed by atoms with Gasteiger partial charge in [0.15, 0.2) is 0 Å². The predicted molar refractivity (Wildman–Crippen MR) is 75.5 cm³/mol. The highest BCUT2D eigenvalue weighted by atomic mass is 16.6. The Morgan fingerprint density at radius 2 is 2.14 bits per heavy atom. The molecule has 0 aliphatic rings. The Kier molecular flexibility index (Phi) is 6.86. The fourth-order valence-electron chi connectivity index (χ4n) is 1.66. The average molecular weight is 293 g/mol. The lowest BCUT2D eigenvalue weighted by atomic mass is 10.2. The first-order chi connectivity index (χ1) is 10.0. The van der Waals surface area contributed by atoms with Crippen molar-refractivity contribution in [2.75, 3.05) is 13.7 Å². The van der Waals surface area contributed by atoms with Gasteiger partial charge in [-0.15, -0.1) is 0 Å². The van der Waals surface area contributed by atoms with Crippen LogP contribution in [0, 0.1) is 10.1 Å². The summed E-state index contributed by atoms with van der Waals surface area (Å²) in [5, 5.41) is 22.1. The standard InChI is InChI=1S/C14H18N2O5/c1-21-14(18)5-3-2-4-8-15-10-11-9-12(16(19)20)6-7-13(11)17/h6-7,9-10,17H,2-5,8H2,1H3/p-1. The number of aliphatic imine (C=N–C) groups is 1. The summed E-state index contributed by atoms with van der Waals surface area (Å²) in [4.78, 5) is 25.0. The van der Waals surface area contributed by atoms with E-state index in [-0.39, 0.29) is 23.0 Å². The summed E-state index contributed by atoms with van der Waals surface area (Å²) in [6.45, 7) is 0.503. The topological polar surface area (TPSA) is 105 Å². The van der Waals surface area contributed by atoms with Crippen LogP contribution in [0.15, 0.2) is 23.2 Å². The summed E-state index contributed by atoms with van der Waals surface area (Å²) in [5.41, 5.74) is 0.0767. The molecule has 0 unspecified atom stereocenters. The Morgan fingerprint density at radius 3 is 2.81 bits per heavy atom. The molecule has 1 rings (SSSR count). The number of methoxy groups -OCH3 is 1. The van der Waals surface area contributed by atoms with Crippen molar-refractivity contribution < 1.29 is 19.6 Å². The Labute approximate surface area is 122 Å². The normalized spacial score (nSPS) is 10.7. The molecule has 0 fully saturated rings. The number of nitrogens with zero attached hydrogens (tertiary/aromatic N) is 2. The Bertz CT molecular complexity index is 528. The molecule has 0 aliphatic heterocycles. The van der Waals surface area contributed by atoms with Crippen molar-refractivity contribution in [1.82, 2.24) is 0 Å². The minimum atomic E-state index is -0.552. The van der Waals surface area contributed by atoms with Crippen molar-refractivity contribution in [2.45, 2.75) is 25.7 Å². The van der Waals surface area contributed by atoms with E-state index >= 15 is 0 Å². The third-order valence-electron chi connectivity index (χ3n) is 2.83. The van der Waals surface area contributed by atoms with E-state index in [2.05, 4.69) is 9.73 Å². The molecule has 114 valence electrons. The maximum Gasteiger partial charge on any atom is 0.305 e. The van der Waals surface area contributed by atoms with Crippen LogP contribution in [-0.4, -0.2) is 30.8 Å². The molecule has 0 saturated carbocycles. The molecule has 0 bridgehead atoms. The van der Waals surface area contributed by atoms with Gasteiger partial charge in [0.05, 0.1) is 12.0 Å². The zero-order valence-corrected chi connectivity index (χ0v) is 11.8. The molecule has 1 aromatic carbocycles. The predicted octanol–water partition coefficient (Wildman–Crippen LogP) is 1.82. The molecule has 7 nitrogen and oxygen atoms in total. The summed E-state index contributed by atoms with van der Waals surface area (Å²) in [7, 11) is 1.35. The van der Waals surface area contributed by atoms with Gasteiger partial charge in [-0.25, -0.2) is 0 Å². The largest absolute Gasteiger partial charge is 0.872 e. The van der Waals surface area contributed by atoms with Crippen LogP contribution < -0.4 is 5.11 Å². The third-order valence-corrected chi connectivity index (χ3v) is 2.83. The number of benzene rings is 1. The van der Waals surface area contributed by atoms with Crippen LogP contribution in [-0.2, 0) is 9.53 Å². The lowest BCUT2D eigenvalue weighted by Gasteiger charge is -2.08. The second-order valence-corrected chi connectivity index (χ2v) is 4.40. The summed E-state index contributed by atoms with van der Waals surface area (Å²) in [6, 6.07) is 3.55. The van der Waals surface area contributed by atoms with Crippen molar-refractivity contribution in [1.29, 1.82) is 0 Å². The molecule has 0 atom stereocenters. The number of hydrogen-bond acceptors (Lipinski definition) is 6. The van der Waals surface area contributed by atoms with Gasteiger partial charge in [0, 0.05) is 31.3 Å². The van der Waals surface area contributed by atoms with E-state index in [0.29, 0.717) is 13.0 Å². The van der Waals surface area contributed by atoms with Crippen molar-refractivity contribution in [2.24, 2.45) is 4.99 Å². The number of carbonyl (C=O) groups is 1. The van der Waals surface area contributed by atoms with Gasteiger partial charge in [-0.1, -0.05) is 18.2 Å². The van der Waals surface area contributed by atoms with E-state index in [9.17, 15) is 20.0 Å². The minimum absolute atomic E-state index is 0.130. The van der Waals surface area contributed by atoms with Crippen LogP contribution in [0.4, 0.5) is 5.69 Å². The second kappa shape index (κ2) is 8.68. The smallest absolute Gasteiger partial charge is 0.305 e. The molecule has 1 aromatic rings. The highest BCUT2D eigenvalue weighted by molar-refractivity contribution is 5.84. The first-order valence-corrected chi connectivity index (χ1v) is 6.56. The van der Waals surface area contributed by atoms with Gasteiger partial charge in [-0.2, -0.15) is 0 Å². The molecule has 0 aromatic heterocycles. The average Bonchev–Trinajstić information content (AvgIpc) is 2.47. The van der Waals surface area contributed by atoms with E-state index in [1.807, 2.05) is 0 Å². The van der Waals surface area contributed by atoms with Gasteiger partial charge >= 0.3 is 5.97 Å². The summed E-state index contributed by atoms with van der Waals surface area (Å²) in [5.74, 6) is -0.527. The third kappa shape index (κ3) is 6.03. The van der Waals surface area contributed by atoms with Crippen LogP contribution in [0.2, 0.25) is 0 Å². The number of unbranched alkanes of at least 4 members (excludes halogenated alkanes) is 2. The highest BCUT2D eigenvalue weighted by Gasteiger charge is 2.05. The number of hydrogen-bond donors (Lipinski definition) is 0. The summed E-state index contributed by atoms with van der Waals surface area (Å²) >= 11 is 0. The van der Waals surface area contributed by atoms with Gasteiger partial charge in [0.1, 0.15) is 0 Å². The Morgan fingerprint density at radius 1 is 1.38 bits per heavy atom. The van der Waals surface area contributed by atoms with Gasteiger partial charge in [-0.05, 0) is 18.4 Å². The van der Waals surface area contributed by atoms with Crippen LogP contribution >= 0.6 is 0 Å². The van der Waals surface area contributed by atoms with Crippen LogP contribution in [0.5, 0.6) is 5.75 Å². The fraction of sp³-hybridized carbons (Fsp3) is 0.429. The molecule has 0 aliphatic carbocycles. The highest BCUT2D eigenvalue weighted by Crippen LogP contribution is 2.19. The van der Waals surface area contributed by atoms with Crippen LogP contribution in [0.1, 0.15) is 31.2 Å². The first-order valence-electron chi connectivity index (χ1n) is 6.56. The molecule has 0 heterocycles. The van der Waals surface area contributed by atoms with E-state index in [1.165, 1.54) is 25.5 Å². The first kappa shape index (κ1) is 16.6. The zero-order valence-electron chi connectivity index (χ0n) is 11.8. The number of carbonyl (C=O) groups excluding carboxylic acids is 1. The van der Waals surface area contributed by atoms with Crippen molar-refractivity contribution in [3.8, 4) is 5.75 Å². The van der Waals surface area contributed by atoms with Crippen molar-refractivity contribution >= 4 is 17.9 Å². The van der Waals surface area contributed by atoms with Gasteiger partial charge < -0.3 is 9.84 Å². The molecule has 7 heteroatoms. The van der Waals surface area contributed by atoms with Crippen molar-refractivity contribution in [3.63, 3.8) is 0 Å². The van der Waals surface area contributed by atoms with E-state index in [4.69, 9.17) is 0 Å². The zero-order chi connectivity index (χ0) is 15.7. The molecule has 0 N–H and O–H groups in total. The van der Waals surface area contributed by atoms with E-state index in [0.717, 1.165) is 25.3 Å². The Balaban J connectivity index is 2.38. The fourth-order valence-corrected chi connectivity index (χ4v) is 1.66. The van der Waals surface area contributed by atoms with Crippen LogP contribution in [0.3, 0.4) is 0 Å². The maximum absolute atomic E-state index is 11.5. The van der Waals surface area contributed by atoms with E-state index in [1.54, 1.807) is 0 Å². The molecular formula is C14H17N2O5-. The quantitative estimate of drug-likeness (QED) is 0.239. The second-order valence-electron chi connectivity index (χ2n) is 4.40.